The number of methoxy groups -OCH3 is 2. The Hall–Kier alpha value is -3.51. The van der Waals surface area contributed by atoms with Crippen LogP contribution in [0.15, 0.2) is 42.7 Å². The van der Waals surface area contributed by atoms with Crippen molar-refractivity contribution in [2.75, 3.05) is 14.2 Å². The summed E-state index contributed by atoms with van der Waals surface area (Å²) in [6.45, 7) is -0.126. The lowest BCUT2D eigenvalue weighted by Gasteiger charge is -2.26. The number of ether oxygens (including phenoxy) is 3. The molecule has 0 aliphatic carbocycles. The van der Waals surface area contributed by atoms with E-state index in [1.165, 1.54) is 14.2 Å². The molecule has 2 atom stereocenters. The number of benzene rings is 1. The van der Waals surface area contributed by atoms with Crippen LogP contribution in [0.1, 0.15) is 36.9 Å². The first kappa shape index (κ1) is 26.1. The Morgan fingerprint density at radius 3 is 2.55 bits per heavy atom. The summed E-state index contributed by atoms with van der Waals surface area (Å²) in [5.41, 5.74) is 1.81. The second-order valence-corrected chi connectivity index (χ2v) is 9.40. The summed E-state index contributed by atoms with van der Waals surface area (Å²) in [4.78, 5) is 3.94. The van der Waals surface area contributed by atoms with E-state index in [1.807, 2.05) is 0 Å². The molecule has 5 rings (SSSR count). The van der Waals surface area contributed by atoms with Gasteiger partial charge in [0, 0.05) is 30.4 Å². The van der Waals surface area contributed by atoms with Crippen molar-refractivity contribution >= 4 is 11.6 Å². The van der Waals surface area contributed by atoms with Crippen molar-refractivity contribution in [1.29, 1.82) is 0 Å². The predicted molar refractivity (Wildman–Crippen MR) is 133 cm³/mol. The van der Waals surface area contributed by atoms with Crippen LogP contribution in [0.25, 0.3) is 22.6 Å². The standard InChI is InChI=1S/C25H26ClF3N6O3/c1-33-21(37-3)11-18(16-12-30-34(14-16)20-6-4-5-19(26)38-20)22(33)23-31-24(25(27,28)29)35(32-23)13-15-7-9-17(36-2)10-8-15/h7-12,14,19-20H,4-6,13H2,1-3H3. The Kier molecular flexibility index (Phi) is 7.10. The van der Waals surface area contributed by atoms with Gasteiger partial charge < -0.3 is 18.8 Å². The van der Waals surface area contributed by atoms with Gasteiger partial charge in [0.05, 0.1) is 32.7 Å². The fourth-order valence-electron chi connectivity index (χ4n) is 4.52. The van der Waals surface area contributed by atoms with Gasteiger partial charge in [0.2, 0.25) is 5.82 Å². The molecule has 1 aliphatic rings. The van der Waals surface area contributed by atoms with Crippen LogP contribution in [0, 0.1) is 0 Å². The van der Waals surface area contributed by atoms with Crippen molar-refractivity contribution in [3.05, 3.63) is 54.1 Å². The Morgan fingerprint density at radius 2 is 1.89 bits per heavy atom. The lowest BCUT2D eigenvalue weighted by molar-refractivity contribution is -0.147. The number of hydrogen-bond acceptors (Lipinski definition) is 6. The zero-order chi connectivity index (χ0) is 27.0. The summed E-state index contributed by atoms with van der Waals surface area (Å²) >= 11 is 6.16. The maximum Gasteiger partial charge on any atom is 0.451 e. The van der Waals surface area contributed by atoms with E-state index in [0.29, 0.717) is 34.0 Å². The molecule has 2 unspecified atom stereocenters. The Balaban J connectivity index is 1.55. The highest BCUT2D eigenvalue weighted by Gasteiger charge is 2.39. The van der Waals surface area contributed by atoms with Crippen molar-refractivity contribution in [3.8, 4) is 34.3 Å². The molecule has 9 nitrogen and oxygen atoms in total. The Morgan fingerprint density at radius 1 is 1.13 bits per heavy atom. The minimum atomic E-state index is -4.71. The maximum absolute atomic E-state index is 14.0. The molecule has 0 radical (unpaired) electrons. The van der Waals surface area contributed by atoms with Crippen LogP contribution in [-0.4, -0.2) is 48.9 Å². The molecular formula is C25H26ClF3N6O3. The van der Waals surface area contributed by atoms with Crippen LogP contribution in [0.2, 0.25) is 0 Å². The zero-order valence-corrected chi connectivity index (χ0v) is 21.7. The van der Waals surface area contributed by atoms with Crippen molar-refractivity contribution in [2.24, 2.45) is 7.05 Å². The van der Waals surface area contributed by atoms with Crippen LogP contribution in [0.3, 0.4) is 0 Å². The van der Waals surface area contributed by atoms with Gasteiger partial charge in [-0.3, -0.25) is 0 Å². The third-order valence-electron chi connectivity index (χ3n) is 6.42. The first-order valence-corrected chi connectivity index (χ1v) is 12.3. The Labute approximate surface area is 221 Å². The van der Waals surface area contributed by atoms with Crippen LogP contribution >= 0.6 is 11.6 Å². The van der Waals surface area contributed by atoms with E-state index in [4.69, 9.17) is 25.8 Å². The first-order chi connectivity index (χ1) is 18.2. The lowest BCUT2D eigenvalue weighted by atomic mass is 10.1. The maximum atomic E-state index is 14.0. The number of rotatable bonds is 7. The molecule has 38 heavy (non-hydrogen) atoms. The van der Waals surface area contributed by atoms with E-state index in [1.54, 1.807) is 59.0 Å². The van der Waals surface area contributed by atoms with Crippen molar-refractivity contribution in [1.82, 2.24) is 29.1 Å². The molecule has 1 fully saturated rings. The molecule has 1 saturated heterocycles. The fourth-order valence-corrected chi connectivity index (χ4v) is 4.79. The van der Waals surface area contributed by atoms with Gasteiger partial charge in [-0.1, -0.05) is 23.7 Å². The van der Waals surface area contributed by atoms with Crippen LogP contribution < -0.4 is 9.47 Å². The van der Waals surface area contributed by atoms with Gasteiger partial charge in [-0.15, -0.1) is 5.10 Å². The molecule has 202 valence electrons. The summed E-state index contributed by atoms with van der Waals surface area (Å²) in [7, 11) is 4.69. The van der Waals surface area contributed by atoms with Crippen molar-refractivity contribution in [2.45, 2.75) is 43.8 Å². The molecule has 13 heteroatoms. The summed E-state index contributed by atoms with van der Waals surface area (Å²) in [5, 5.41) is 8.72. The van der Waals surface area contributed by atoms with Gasteiger partial charge in [0.15, 0.2) is 17.9 Å². The SMILES string of the molecule is COc1ccc(Cn2nc(-c3c(-c4cnn(C5CCCC(Cl)O5)c4)cc(OC)n3C)nc2C(F)(F)F)cc1. The zero-order valence-electron chi connectivity index (χ0n) is 20.9. The normalized spacial score (nSPS) is 18.1. The summed E-state index contributed by atoms with van der Waals surface area (Å²) in [6, 6.07) is 8.45. The number of aromatic nitrogens is 6. The van der Waals surface area contributed by atoms with E-state index < -0.39 is 17.6 Å². The van der Waals surface area contributed by atoms with Gasteiger partial charge in [-0.05, 0) is 37.0 Å². The van der Waals surface area contributed by atoms with E-state index in [-0.39, 0.29) is 18.6 Å². The van der Waals surface area contributed by atoms with E-state index in [0.717, 1.165) is 23.9 Å². The van der Waals surface area contributed by atoms with Crippen LogP contribution in [0.4, 0.5) is 13.2 Å². The predicted octanol–water partition coefficient (Wildman–Crippen LogP) is 5.50. The van der Waals surface area contributed by atoms with E-state index in [2.05, 4.69) is 15.2 Å². The minimum absolute atomic E-state index is 0.0888. The molecule has 4 heterocycles. The van der Waals surface area contributed by atoms with Crippen LogP contribution in [0.5, 0.6) is 11.6 Å². The fraction of sp³-hybridized carbons (Fsp3) is 0.400. The molecule has 0 saturated carbocycles. The molecule has 0 spiro atoms. The average Bonchev–Trinajstić information content (AvgIpc) is 3.61. The van der Waals surface area contributed by atoms with Crippen molar-refractivity contribution < 1.29 is 27.4 Å². The molecular weight excluding hydrogens is 525 g/mol. The average molecular weight is 551 g/mol. The quantitative estimate of drug-likeness (QED) is 0.283. The van der Waals surface area contributed by atoms with E-state index >= 15 is 0 Å². The van der Waals surface area contributed by atoms with Gasteiger partial charge >= 0.3 is 6.18 Å². The van der Waals surface area contributed by atoms with Gasteiger partial charge in [-0.25, -0.2) is 14.3 Å². The summed E-state index contributed by atoms with van der Waals surface area (Å²) in [5.74, 6) is -0.161. The largest absolute Gasteiger partial charge is 0.497 e. The van der Waals surface area contributed by atoms with Crippen molar-refractivity contribution in [3.63, 3.8) is 0 Å². The highest BCUT2D eigenvalue weighted by atomic mass is 35.5. The number of halogens is 4. The second kappa shape index (κ2) is 10.3. The highest BCUT2D eigenvalue weighted by Crippen LogP contribution is 2.39. The molecule has 1 aromatic carbocycles. The molecule has 1 aliphatic heterocycles. The number of nitrogens with zero attached hydrogens (tertiary/aromatic N) is 6. The van der Waals surface area contributed by atoms with Crippen LogP contribution in [-0.2, 0) is 24.5 Å². The third kappa shape index (κ3) is 5.10. The first-order valence-electron chi connectivity index (χ1n) is 11.9. The molecule has 3 aromatic heterocycles. The third-order valence-corrected chi connectivity index (χ3v) is 6.74. The molecule has 0 bridgehead atoms. The van der Waals surface area contributed by atoms with Gasteiger partial charge in [0.25, 0.3) is 0 Å². The smallest absolute Gasteiger partial charge is 0.451 e. The van der Waals surface area contributed by atoms with Gasteiger partial charge in [0.1, 0.15) is 11.3 Å². The second-order valence-electron chi connectivity index (χ2n) is 8.91. The van der Waals surface area contributed by atoms with Gasteiger partial charge in [-0.2, -0.15) is 18.3 Å². The highest BCUT2D eigenvalue weighted by molar-refractivity contribution is 6.19. The summed E-state index contributed by atoms with van der Waals surface area (Å²) < 4.78 is 62.6. The monoisotopic (exact) mass is 550 g/mol. The number of hydrogen-bond donors (Lipinski definition) is 0. The Bertz CT molecular complexity index is 1410. The summed E-state index contributed by atoms with van der Waals surface area (Å²) in [6.07, 6.45) is 0.769. The topological polar surface area (TPSA) is 81.1 Å². The molecule has 0 N–H and O–H groups in total. The van der Waals surface area contributed by atoms with E-state index in [9.17, 15) is 13.2 Å². The lowest BCUT2D eigenvalue weighted by Crippen LogP contribution is -2.22. The molecule has 4 aromatic rings. The number of alkyl halides is 4. The molecule has 0 amide bonds. The minimum Gasteiger partial charge on any atom is -0.497 e.